The molecule has 0 spiro atoms. The van der Waals surface area contributed by atoms with Gasteiger partial charge in [0.2, 0.25) is 5.91 Å². The van der Waals surface area contributed by atoms with Gasteiger partial charge < -0.3 is 19.5 Å². The van der Waals surface area contributed by atoms with E-state index < -0.39 is 5.97 Å². The van der Waals surface area contributed by atoms with E-state index in [-0.39, 0.29) is 12.0 Å². The molecule has 2 aromatic rings. The van der Waals surface area contributed by atoms with E-state index in [4.69, 9.17) is 14.2 Å². The molecule has 2 aromatic carbocycles. The summed E-state index contributed by atoms with van der Waals surface area (Å²) >= 11 is 0. The van der Waals surface area contributed by atoms with Gasteiger partial charge in [-0.05, 0) is 62.2 Å². The van der Waals surface area contributed by atoms with Crippen molar-refractivity contribution in [3.63, 3.8) is 0 Å². The molecule has 1 amide bonds. The van der Waals surface area contributed by atoms with Crippen LogP contribution in [0.15, 0.2) is 48.5 Å². The van der Waals surface area contributed by atoms with Crippen molar-refractivity contribution in [2.75, 3.05) is 19.0 Å². The van der Waals surface area contributed by atoms with Crippen LogP contribution in [-0.2, 0) is 9.53 Å². The zero-order chi connectivity index (χ0) is 21.2. The van der Waals surface area contributed by atoms with E-state index in [1.807, 2.05) is 32.9 Å². The standard InChI is InChI=1S/C23H27NO5/c1-5-13-28-23(26)18-7-6-8-19(15-18)24-22(25)12-10-17-9-11-20(29-16(2)3)21(14-17)27-4/h6-12,14-16H,5,13H2,1-4H3,(H,24,25). The molecule has 0 fully saturated rings. The van der Waals surface area contributed by atoms with E-state index in [0.717, 1.165) is 12.0 Å². The summed E-state index contributed by atoms with van der Waals surface area (Å²) in [5.41, 5.74) is 1.71. The maximum atomic E-state index is 12.2. The molecule has 0 aromatic heterocycles. The van der Waals surface area contributed by atoms with Gasteiger partial charge in [-0.2, -0.15) is 0 Å². The Kier molecular flexibility index (Phi) is 8.27. The third-order valence-corrected chi connectivity index (χ3v) is 3.78. The van der Waals surface area contributed by atoms with Crippen molar-refractivity contribution in [3.8, 4) is 11.5 Å². The molecular formula is C23H27NO5. The molecule has 0 radical (unpaired) electrons. The second kappa shape index (κ2) is 10.9. The fourth-order valence-electron chi connectivity index (χ4n) is 2.50. The van der Waals surface area contributed by atoms with Gasteiger partial charge in [-0.3, -0.25) is 4.79 Å². The zero-order valence-corrected chi connectivity index (χ0v) is 17.2. The molecule has 0 saturated heterocycles. The minimum atomic E-state index is -0.408. The van der Waals surface area contributed by atoms with Crippen LogP contribution in [0.5, 0.6) is 11.5 Å². The first kappa shape index (κ1) is 22.0. The molecule has 6 heteroatoms. The number of benzene rings is 2. The van der Waals surface area contributed by atoms with Gasteiger partial charge >= 0.3 is 5.97 Å². The van der Waals surface area contributed by atoms with Crippen LogP contribution in [0.1, 0.15) is 43.1 Å². The Bertz CT molecular complexity index is 873. The van der Waals surface area contributed by atoms with Crippen LogP contribution in [-0.4, -0.2) is 31.7 Å². The smallest absolute Gasteiger partial charge is 0.338 e. The number of hydrogen-bond donors (Lipinski definition) is 1. The largest absolute Gasteiger partial charge is 0.493 e. The molecule has 2 rings (SSSR count). The number of nitrogens with one attached hydrogen (secondary N) is 1. The fourth-order valence-corrected chi connectivity index (χ4v) is 2.50. The minimum Gasteiger partial charge on any atom is -0.493 e. The number of esters is 1. The molecule has 1 N–H and O–H groups in total. The highest BCUT2D eigenvalue weighted by molar-refractivity contribution is 6.02. The van der Waals surface area contributed by atoms with Gasteiger partial charge in [0.25, 0.3) is 0 Å². The second-order valence-corrected chi connectivity index (χ2v) is 6.62. The monoisotopic (exact) mass is 397 g/mol. The minimum absolute atomic E-state index is 0.0334. The first-order chi connectivity index (χ1) is 13.9. The summed E-state index contributed by atoms with van der Waals surface area (Å²) in [6.07, 6.45) is 3.88. The average molecular weight is 397 g/mol. The lowest BCUT2D eigenvalue weighted by Crippen LogP contribution is -2.10. The summed E-state index contributed by atoms with van der Waals surface area (Å²) < 4.78 is 16.1. The number of methoxy groups -OCH3 is 1. The average Bonchev–Trinajstić information content (AvgIpc) is 2.71. The molecule has 154 valence electrons. The van der Waals surface area contributed by atoms with E-state index in [0.29, 0.717) is 29.4 Å². The van der Waals surface area contributed by atoms with Crippen molar-refractivity contribution in [1.82, 2.24) is 0 Å². The molecule has 0 aliphatic heterocycles. The second-order valence-electron chi connectivity index (χ2n) is 6.62. The molecule has 29 heavy (non-hydrogen) atoms. The van der Waals surface area contributed by atoms with Crippen LogP contribution in [0.2, 0.25) is 0 Å². The fraction of sp³-hybridized carbons (Fsp3) is 0.304. The van der Waals surface area contributed by atoms with Crippen molar-refractivity contribution in [2.45, 2.75) is 33.3 Å². The van der Waals surface area contributed by atoms with E-state index in [2.05, 4.69) is 5.32 Å². The molecule has 0 unspecified atom stereocenters. The summed E-state index contributed by atoms with van der Waals surface area (Å²) in [7, 11) is 1.57. The maximum Gasteiger partial charge on any atom is 0.338 e. The molecule has 0 bridgehead atoms. The summed E-state index contributed by atoms with van der Waals surface area (Å²) in [6.45, 7) is 6.17. The predicted octanol–water partition coefficient (Wildman–Crippen LogP) is 4.70. The molecule has 0 heterocycles. The van der Waals surface area contributed by atoms with Gasteiger partial charge in [0.05, 0.1) is 25.4 Å². The van der Waals surface area contributed by atoms with Crippen molar-refractivity contribution in [2.24, 2.45) is 0 Å². The Morgan fingerprint density at radius 3 is 2.59 bits per heavy atom. The van der Waals surface area contributed by atoms with Gasteiger partial charge in [0.1, 0.15) is 0 Å². The van der Waals surface area contributed by atoms with Crippen LogP contribution in [0.4, 0.5) is 5.69 Å². The first-order valence-electron chi connectivity index (χ1n) is 9.54. The number of amides is 1. The Morgan fingerprint density at radius 2 is 1.90 bits per heavy atom. The summed E-state index contributed by atoms with van der Waals surface area (Å²) in [5, 5.41) is 2.74. The lowest BCUT2D eigenvalue weighted by Gasteiger charge is -2.13. The summed E-state index contributed by atoms with van der Waals surface area (Å²) in [5.74, 6) is 0.523. The SMILES string of the molecule is CCCOC(=O)c1cccc(NC(=O)C=Cc2ccc(OC(C)C)c(OC)c2)c1. The highest BCUT2D eigenvalue weighted by Gasteiger charge is 2.09. The van der Waals surface area contributed by atoms with Gasteiger partial charge in [0, 0.05) is 11.8 Å². The van der Waals surface area contributed by atoms with E-state index >= 15 is 0 Å². The van der Waals surface area contributed by atoms with Gasteiger partial charge in [-0.15, -0.1) is 0 Å². The number of ether oxygens (including phenoxy) is 3. The summed E-state index contributed by atoms with van der Waals surface area (Å²) in [4.78, 5) is 24.2. The van der Waals surface area contributed by atoms with Crippen LogP contribution in [0.3, 0.4) is 0 Å². The van der Waals surface area contributed by atoms with Gasteiger partial charge in [0.15, 0.2) is 11.5 Å². The normalized spacial score (nSPS) is 10.8. The van der Waals surface area contributed by atoms with Crippen LogP contribution < -0.4 is 14.8 Å². The topological polar surface area (TPSA) is 73.9 Å². The highest BCUT2D eigenvalue weighted by Crippen LogP contribution is 2.29. The summed E-state index contributed by atoms with van der Waals surface area (Å²) in [6, 6.07) is 12.1. The molecule has 6 nitrogen and oxygen atoms in total. The van der Waals surface area contributed by atoms with Crippen LogP contribution >= 0.6 is 0 Å². The number of rotatable bonds is 9. The van der Waals surface area contributed by atoms with Crippen molar-refractivity contribution >= 4 is 23.6 Å². The molecule has 0 aliphatic rings. The lowest BCUT2D eigenvalue weighted by atomic mass is 10.1. The molecule has 0 saturated carbocycles. The maximum absolute atomic E-state index is 12.2. The molecule has 0 aliphatic carbocycles. The Labute approximate surface area is 171 Å². The van der Waals surface area contributed by atoms with E-state index in [9.17, 15) is 9.59 Å². The molecular weight excluding hydrogens is 370 g/mol. The zero-order valence-electron chi connectivity index (χ0n) is 17.2. The predicted molar refractivity (Wildman–Crippen MR) is 113 cm³/mol. The van der Waals surface area contributed by atoms with Gasteiger partial charge in [-0.25, -0.2) is 4.79 Å². The van der Waals surface area contributed by atoms with Crippen molar-refractivity contribution < 1.29 is 23.8 Å². The lowest BCUT2D eigenvalue weighted by molar-refractivity contribution is -0.111. The Morgan fingerprint density at radius 1 is 1.10 bits per heavy atom. The van der Waals surface area contributed by atoms with Crippen LogP contribution in [0.25, 0.3) is 6.08 Å². The van der Waals surface area contributed by atoms with Crippen LogP contribution in [0, 0.1) is 0 Å². The highest BCUT2D eigenvalue weighted by atomic mass is 16.5. The third-order valence-electron chi connectivity index (χ3n) is 3.78. The van der Waals surface area contributed by atoms with Crippen molar-refractivity contribution in [1.29, 1.82) is 0 Å². The Hall–Kier alpha value is -3.28. The van der Waals surface area contributed by atoms with E-state index in [1.54, 1.807) is 43.5 Å². The third kappa shape index (κ3) is 6.99. The quantitative estimate of drug-likeness (QED) is 0.490. The number of carbonyl (C=O) groups excluding carboxylic acids is 2. The Balaban J connectivity index is 2.03. The number of hydrogen-bond acceptors (Lipinski definition) is 5. The van der Waals surface area contributed by atoms with Gasteiger partial charge in [-0.1, -0.05) is 19.1 Å². The molecule has 0 atom stereocenters. The number of carbonyl (C=O) groups is 2. The first-order valence-corrected chi connectivity index (χ1v) is 9.54. The van der Waals surface area contributed by atoms with E-state index in [1.165, 1.54) is 6.08 Å². The number of anilines is 1. The van der Waals surface area contributed by atoms with Crippen molar-refractivity contribution in [3.05, 3.63) is 59.7 Å².